The van der Waals surface area contributed by atoms with E-state index in [1.165, 1.54) is 34.0 Å². The van der Waals surface area contributed by atoms with Gasteiger partial charge in [0.05, 0.1) is 0 Å². The second kappa shape index (κ2) is 6.48. The Morgan fingerprint density at radius 1 is 1.33 bits per heavy atom. The first-order valence-electron chi connectivity index (χ1n) is 5.67. The zero-order valence-electron chi connectivity index (χ0n) is 9.59. The molecule has 0 radical (unpaired) electrons. The molecule has 0 spiro atoms. The van der Waals surface area contributed by atoms with Crippen molar-refractivity contribution < 1.29 is 0 Å². The standard InChI is InChI=1S/C13H20IN/c1-3-4-5-9-12(15)11-8-6-7-10(2)13(11)14/h6-8,12H,3-5,9,15H2,1-2H3. The number of hydrogen-bond donors (Lipinski definition) is 1. The van der Waals surface area contributed by atoms with Crippen molar-refractivity contribution in [1.82, 2.24) is 0 Å². The molecule has 15 heavy (non-hydrogen) atoms. The summed E-state index contributed by atoms with van der Waals surface area (Å²) in [6, 6.07) is 6.62. The molecular weight excluding hydrogens is 297 g/mol. The van der Waals surface area contributed by atoms with Crippen LogP contribution < -0.4 is 5.73 Å². The summed E-state index contributed by atoms with van der Waals surface area (Å²) in [7, 11) is 0. The predicted molar refractivity (Wildman–Crippen MR) is 75.0 cm³/mol. The Balaban J connectivity index is 2.65. The van der Waals surface area contributed by atoms with Gasteiger partial charge in [0.1, 0.15) is 0 Å². The van der Waals surface area contributed by atoms with Crippen LogP contribution in [0.3, 0.4) is 0 Å². The molecule has 0 aliphatic heterocycles. The first-order chi connectivity index (χ1) is 7.16. The molecule has 0 amide bonds. The van der Waals surface area contributed by atoms with E-state index in [4.69, 9.17) is 5.73 Å². The van der Waals surface area contributed by atoms with Gasteiger partial charge in [-0.2, -0.15) is 0 Å². The fraction of sp³-hybridized carbons (Fsp3) is 0.538. The highest BCUT2D eigenvalue weighted by Crippen LogP contribution is 2.24. The third-order valence-corrected chi connectivity index (χ3v) is 4.21. The first kappa shape index (κ1) is 13.0. The van der Waals surface area contributed by atoms with Crippen LogP contribution in [0.5, 0.6) is 0 Å². The Morgan fingerprint density at radius 3 is 2.73 bits per heavy atom. The zero-order chi connectivity index (χ0) is 11.3. The van der Waals surface area contributed by atoms with E-state index >= 15 is 0 Å². The Kier molecular flexibility index (Phi) is 5.61. The fourth-order valence-corrected chi connectivity index (χ4v) is 2.49. The lowest BCUT2D eigenvalue weighted by atomic mass is 10.00. The van der Waals surface area contributed by atoms with E-state index in [9.17, 15) is 0 Å². The Bertz CT molecular complexity index is 309. The summed E-state index contributed by atoms with van der Waals surface area (Å²) in [5.41, 5.74) is 8.84. The van der Waals surface area contributed by atoms with E-state index in [1.807, 2.05) is 0 Å². The van der Waals surface area contributed by atoms with Crippen molar-refractivity contribution in [3.05, 3.63) is 32.9 Å². The summed E-state index contributed by atoms with van der Waals surface area (Å²) >= 11 is 2.40. The van der Waals surface area contributed by atoms with Crippen LogP contribution in [0, 0.1) is 10.5 Å². The Morgan fingerprint density at radius 2 is 2.07 bits per heavy atom. The summed E-state index contributed by atoms with van der Waals surface area (Å²) in [5, 5.41) is 0. The fourth-order valence-electron chi connectivity index (χ4n) is 1.73. The van der Waals surface area contributed by atoms with Crippen LogP contribution in [-0.2, 0) is 0 Å². The van der Waals surface area contributed by atoms with E-state index < -0.39 is 0 Å². The molecular formula is C13H20IN. The number of aryl methyl sites for hydroxylation is 1. The second-order valence-corrected chi connectivity index (χ2v) is 5.16. The molecule has 0 aliphatic carbocycles. The van der Waals surface area contributed by atoms with Gasteiger partial charge in [0, 0.05) is 9.61 Å². The first-order valence-corrected chi connectivity index (χ1v) is 6.75. The molecule has 0 heterocycles. The molecule has 84 valence electrons. The van der Waals surface area contributed by atoms with E-state index in [2.05, 4.69) is 54.6 Å². The van der Waals surface area contributed by atoms with Crippen molar-refractivity contribution in [2.24, 2.45) is 5.73 Å². The molecule has 0 saturated carbocycles. The highest BCUT2D eigenvalue weighted by molar-refractivity contribution is 14.1. The van der Waals surface area contributed by atoms with Crippen molar-refractivity contribution in [2.75, 3.05) is 0 Å². The number of rotatable bonds is 5. The van der Waals surface area contributed by atoms with E-state index in [0.717, 1.165) is 6.42 Å². The predicted octanol–water partition coefficient (Wildman–Crippen LogP) is 4.18. The number of nitrogens with two attached hydrogens (primary N) is 1. The summed E-state index contributed by atoms with van der Waals surface area (Å²) in [6.45, 7) is 4.37. The summed E-state index contributed by atoms with van der Waals surface area (Å²) in [6.07, 6.45) is 4.89. The Labute approximate surface area is 107 Å². The molecule has 0 aliphatic rings. The molecule has 1 atom stereocenters. The quantitative estimate of drug-likeness (QED) is 0.640. The van der Waals surface area contributed by atoms with Gasteiger partial charge in [-0.3, -0.25) is 0 Å². The highest BCUT2D eigenvalue weighted by Gasteiger charge is 2.10. The number of halogens is 1. The van der Waals surface area contributed by atoms with Gasteiger partial charge in [-0.15, -0.1) is 0 Å². The lowest BCUT2D eigenvalue weighted by Crippen LogP contribution is -2.12. The molecule has 0 saturated heterocycles. The van der Waals surface area contributed by atoms with Crippen molar-refractivity contribution in [3.63, 3.8) is 0 Å². The molecule has 2 heteroatoms. The molecule has 0 fully saturated rings. The largest absolute Gasteiger partial charge is 0.324 e. The average molecular weight is 317 g/mol. The maximum Gasteiger partial charge on any atom is 0.0305 e. The highest BCUT2D eigenvalue weighted by atomic mass is 127. The molecule has 1 unspecified atom stereocenters. The SMILES string of the molecule is CCCCCC(N)c1cccc(C)c1I. The molecule has 2 N–H and O–H groups in total. The van der Waals surface area contributed by atoms with Crippen molar-refractivity contribution in [3.8, 4) is 0 Å². The summed E-state index contributed by atoms with van der Waals surface area (Å²) < 4.78 is 1.33. The topological polar surface area (TPSA) is 26.0 Å². The Hall–Kier alpha value is -0.0900. The van der Waals surface area contributed by atoms with Gasteiger partial charge < -0.3 is 5.73 Å². The van der Waals surface area contributed by atoms with Gasteiger partial charge in [0.25, 0.3) is 0 Å². The molecule has 1 nitrogen and oxygen atoms in total. The van der Waals surface area contributed by atoms with Crippen LogP contribution >= 0.6 is 22.6 Å². The third kappa shape index (κ3) is 3.76. The van der Waals surface area contributed by atoms with E-state index in [0.29, 0.717) is 0 Å². The third-order valence-electron chi connectivity index (χ3n) is 2.74. The maximum absolute atomic E-state index is 6.20. The molecule has 0 aromatic heterocycles. The molecule has 0 bridgehead atoms. The molecule has 1 aromatic carbocycles. The van der Waals surface area contributed by atoms with Crippen LogP contribution in [0.2, 0.25) is 0 Å². The van der Waals surface area contributed by atoms with E-state index in [1.54, 1.807) is 0 Å². The van der Waals surface area contributed by atoms with Crippen molar-refractivity contribution in [1.29, 1.82) is 0 Å². The number of benzene rings is 1. The van der Waals surface area contributed by atoms with E-state index in [-0.39, 0.29) is 6.04 Å². The smallest absolute Gasteiger partial charge is 0.0305 e. The van der Waals surface area contributed by atoms with Gasteiger partial charge in [0.15, 0.2) is 0 Å². The minimum atomic E-state index is 0.211. The maximum atomic E-state index is 6.20. The lowest BCUT2D eigenvalue weighted by Gasteiger charge is -2.14. The van der Waals surface area contributed by atoms with Gasteiger partial charge in [-0.05, 0) is 47.1 Å². The van der Waals surface area contributed by atoms with Crippen molar-refractivity contribution >= 4 is 22.6 Å². The summed E-state index contributed by atoms with van der Waals surface area (Å²) in [4.78, 5) is 0. The minimum absolute atomic E-state index is 0.211. The minimum Gasteiger partial charge on any atom is -0.324 e. The summed E-state index contributed by atoms with van der Waals surface area (Å²) in [5.74, 6) is 0. The molecule has 1 aromatic rings. The van der Waals surface area contributed by atoms with Crippen LogP contribution in [0.1, 0.15) is 49.8 Å². The van der Waals surface area contributed by atoms with Gasteiger partial charge in [-0.1, -0.05) is 44.4 Å². The van der Waals surface area contributed by atoms with Crippen LogP contribution in [0.25, 0.3) is 0 Å². The number of unbranched alkanes of at least 4 members (excludes halogenated alkanes) is 2. The van der Waals surface area contributed by atoms with Gasteiger partial charge >= 0.3 is 0 Å². The normalized spacial score (nSPS) is 12.8. The monoisotopic (exact) mass is 317 g/mol. The number of hydrogen-bond acceptors (Lipinski definition) is 1. The van der Waals surface area contributed by atoms with Crippen LogP contribution in [-0.4, -0.2) is 0 Å². The van der Waals surface area contributed by atoms with Gasteiger partial charge in [-0.25, -0.2) is 0 Å². The van der Waals surface area contributed by atoms with Crippen LogP contribution in [0.4, 0.5) is 0 Å². The van der Waals surface area contributed by atoms with Gasteiger partial charge in [0.2, 0.25) is 0 Å². The van der Waals surface area contributed by atoms with Crippen molar-refractivity contribution in [2.45, 2.75) is 45.6 Å². The van der Waals surface area contributed by atoms with Crippen LogP contribution in [0.15, 0.2) is 18.2 Å². The second-order valence-electron chi connectivity index (χ2n) is 4.08. The zero-order valence-corrected chi connectivity index (χ0v) is 11.8. The lowest BCUT2D eigenvalue weighted by molar-refractivity contribution is 0.579. The molecule has 1 rings (SSSR count). The average Bonchev–Trinajstić information content (AvgIpc) is 2.22.